The van der Waals surface area contributed by atoms with E-state index in [0.29, 0.717) is 16.7 Å². The van der Waals surface area contributed by atoms with Crippen molar-refractivity contribution in [1.29, 1.82) is 0 Å². The maximum absolute atomic E-state index is 12.6. The number of carbonyl (C=O) groups is 1. The second kappa shape index (κ2) is 6.62. The van der Waals surface area contributed by atoms with Crippen molar-refractivity contribution in [1.82, 2.24) is 5.32 Å². The summed E-state index contributed by atoms with van der Waals surface area (Å²) in [6.45, 7) is 3.84. The molecule has 0 radical (unpaired) electrons. The molecular weight excluding hydrogens is 366 g/mol. The molecular formula is C24H21NO4. The van der Waals surface area contributed by atoms with Gasteiger partial charge in [-0.2, -0.15) is 0 Å². The fraction of sp³-hybridized carbons (Fsp3) is 0.250. The number of hydrogen-bond donors (Lipinski definition) is 1. The molecule has 2 aromatic heterocycles. The Morgan fingerprint density at radius 1 is 1.14 bits per heavy atom. The fourth-order valence-corrected chi connectivity index (χ4v) is 3.99. The van der Waals surface area contributed by atoms with E-state index in [0.717, 1.165) is 45.9 Å². The van der Waals surface area contributed by atoms with Gasteiger partial charge in [0.2, 0.25) is 5.91 Å². The van der Waals surface area contributed by atoms with E-state index in [2.05, 4.69) is 5.32 Å². The number of fused-ring (bicyclic) bond motifs is 3. The summed E-state index contributed by atoms with van der Waals surface area (Å²) >= 11 is 0. The van der Waals surface area contributed by atoms with Crippen molar-refractivity contribution in [2.24, 2.45) is 0 Å². The smallest absolute Gasteiger partial charge is 0.340 e. The van der Waals surface area contributed by atoms with Gasteiger partial charge in [0.25, 0.3) is 0 Å². The third-order valence-corrected chi connectivity index (χ3v) is 5.65. The standard InChI is InChI=1S/C24H21NO4/c1-13-10-19-22(23-21(13)18(12-28-23)15-6-4-3-5-7-15)14(2)17(24(27)29-19)11-20(26)25-16-8-9-16/h3-7,10,12,16H,8-9,11H2,1-2H3,(H,25,26). The molecule has 0 unspecified atom stereocenters. The van der Waals surface area contributed by atoms with Crippen molar-refractivity contribution in [2.75, 3.05) is 0 Å². The van der Waals surface area contributed by atoms with Gasteiger partial charge >= 0.3 is 5.63 Å². The molecule has 4 aromatic rings. The highest BCUT2D eigenvalue weighted by atomic mass is 16.4. The van der Waals surface area contributed by atoms with Crippen molar-refractivity contribution >= 4 is 27.8 Å². The molecule has 1 aliphatic rings. The lowest BCUT2D eigenvalue weighted by Gasteiger charge is -2.10. The van der Waals surface area contributed by atoms with Gasteiger partial charge < -0.3 is 14.2 Å². The van der Waals surface area contributed by atoms with Crippen LogP contribution in [0.15, 0.2) is 56.3 Å². The van der Waals surface area contributed by atoms with Crippen LogP contribution in [-0.2, 0) is 11.2 Å². The van der Waals surface area contributed by atoms with Gasteiger partial charge in [0.1, 0.15) is 11.2 Å². The minimum absolute atomic E-state index is 0.0161. The lowest BCUT2D eigenvalue weighted by molar-refractivity contribution is -0.120. The molecule has 2 heterocycles. The molecule has 5 rings (SSSR count). The average Bonchev–Trinajstić information content (AvgIpc) is 3.39. The normalized spacial score (nSPS) is 13.9. The summed E-state index contributed by atoms with van der Waals surface area (Å²) in [6, 6.07) is 12.2. The van der Waals surface area contributed by atoms with Gasteiger partial charge in [0.15, 0.2) is 0 Å². The van der Waals surface area contributed by atoms with Crippen LogP contribution in [0.4, 0.5) is 0 Å². The number of hydrogen-bond acceptors (Lipinski definition) is 4. The molecule has 2 aromatic carbocycles. The Balaban J connectivity index is 1.71. The zero-order chi connectivity index (χ0) is 20.1. The molecule has 1 saturated carbocycles. The highest BCUT2D eigenvalue weighted by Crippen LogP contribution is 2.38. The molecule has 1 aliphatic carbocycles. The molecule has 1 fully saturated rings. The Kier molecular flexibility index (Phi) is 4.05. The first-order valence-electron chi connectivity index (χ1n) is 9.85. The van der Waals surface area contributed by atoms with Crippen LogP contribution in [0.5, 0.6) is 0 Å². The number of rotatable bonds is 4. The zero-order valence-electron chi connectivity index (χ0n) is 16.4. The summed E-state index contributed by atoms with van der Waals surface area (Å²) in [6.07, 6.45) is 3.77. The molecule has 5 nitrogen and oxygen atoms in total. The Morgan fingerprint density at radius 2 is 1.90 bits per heavy atom. The van der Waals surface area contributed by atoms with Crippen LogP contribution in [0, 0.1) is 13.8 Å². The molecule has 0 saturated heterocycles. The lowest BCUT2D eigenvalue weighted by atomic mass is 9.96. The third kappa shape index (κ3) is 3.03. The second-order valence-electron chi connectivity index (χ2n) is 7.80. The van der Waals surface area contributed by atoms with Gasteiger partial charge in [-0.15, -0.1) is 0 Å². The molecule has 1 amide bonds. The molecule has 1 N–H and O–H groups in total. The van der Waals surface area contributed by atoms with Crippen molar-refractivity contribution in [3.63, 3.8) is 0 Å². The van der Waals surface area contributed by atoms with Gasteiger partial charge in [-0.3, -0.25) is 4.79 Å². The number of benzene rings is 2. The topological polar surface area (TPSA) is 72.5 Å². The first-order valence-corrected chi connectivity index (χ1v) is 9.85. The average molecular weight is 387 g/mol. The third-order valence-electron chi connectivity index (χ3n) is 5.65. The van der Waals surface area contributed by atoms with Crippen molar-refractivity contribution in [3.8, 4) is 11.1 Å². The van der Waals surface area contributed by atoms with E-state index < -0.39 is 5.63 Å². The number of carbonyl (C=O) groups excluding carboxylic acids is 1. The minimum Gasteiger partial charge on any atom is -0.463 e. The molecule has 29 heavy (non-hydrogen) atoms. The predicted octanol–water partition coefficient (Wildman–Crippen LogP) is 4.64. The van der Waals surface area contributed by atoms with Crippen LogP contribution in [0.2, 0.25) is 0 Å². The molecule has 0 aliphatic heterocycles. The Morgan fingerprint density at radius 3 is 2.62 bits per heavy atom. The second-order valence-corrected chi connectivity index (χ2v) is 7.80. The molecule has 0 atom stereocenters. The number of aryl methyl sites for hydroxylation is 2. The van der Waals surface area contributed by atoms with Crippen LogP contribution in [-0.4, -0.2) is 11.9 Å². The SMILES string of the molecule is Cc1cc2oc(=O)c(CC(=O)NC3CC3)c(C)c2c2occ(-c3ccccc3)c12. The maximum atomic E-state index is 12.6. The van der Waals surface area contributed by atoms with E-state index in [9.17, 15) is 9.59 Å². The van der Waals surface area contributed by atoms with Gasteiger partial charge in [-0.25, -0.2) is 4.79 Å². The van der Waals surface area contributed by atoms with Crippen molar-refractivity contribution < 1.29 is 13.6 Å². The first kappa shape index (κ1) is 17.7. The van der Waals surface area contributed by atoms with Crippen LogP contribution >= 0.6 is 0 Å². The highest BCUT2D eigenvalue weighted by molar-refractivity contribution is 6.11. The number of furan rings is 1. The predicted molar refractivity (Wildman–Crippen MR) is 112 cm³/mol. The van der Waals surface area contributed by atoms with E-state index in [1.165, 1.54) is 0 Å². The van der Waals surface area contributed by atoms with E-state index in [1.54, 1.807) is 6.26 Å². The van der Waals surface area contributed by atoms with Crippen LogP contribution in [0.1, 0.15) is 29.5 Å². The maximum Gasteiger partial charge on any atom is 0.340 e. The quantitative estimate of drug-likeness (QED) is 0.518. The Bertz CT molecular complexity index is 1310. The zero-order valence-corrected chi connectivity index (χ0v) is 16.4. The molecule has 0 spiro atoms. The van der Waals surface area contributed by atoms with E-state index >= 15 is 0 Å². The molecule has 146 valence electrons. The Hall–Kier alpha value is -3.34. The summed E-state index contributed by atoms with van der Waals surface area (Å²) < 4.78 is 11.6. The summed E-state index contributed by atoms with van der Waals surface area (Å²) in [4.78, 5) is 24.9. The largest absolute Gasteiger partial charge is 0.463 e. The molecule has 5 heteroatoms. The Labute approximate surface area is 167 Å². The first-order chi connectivity index (χ1) is 14.0. The monoisotopic (exact) mass is 387 g/mol. The number of nitrogens with one attached hydrogen (secondary N) is 1. The summed E-state index contributed by atoms with van der Waals surface area (Å²) in [5.74, 6) is -0.143. The van der Waals surface area contributed by atoms with Crippen molar-refractivity contribution in [2.45, 2.75) is 39.2 Å². The fourth-order valence-electron chi connectivity index (χ4n) is 3.99. The van der Waals surface area contributed by atoms with Crippen molar-refractivity contribution in [3.05, 3.63) is 69.8 Å². The number of amides is 1. The lowest BCUT2D eigenvalue weighted by Crippen LogP contribution is -2.29. The van der Waals surface area contributed by atoms with Gasteiger partial charge in [0, 0.05) is 17.0 Å². The highest BCUT2D eigenvalue weighted by Gasteiger charge is 2.25. The van der Waals surface area contributed by atoms with Crippen LogP contribution < -0.4 is 10.9 Å². The summed E-state index contributed by atoms with van der Waals surface area (Å²) in [5, 5.41) is 4.68. The van der Waals surface area contributed by atoms with E-state index in [4.69, 9.17) is 8.83 Å². The summed E-state index contributed by atoms with van der Waals surface area (Å²) in [7, 11) is 0. The van der Waals surface area contributed by atoms with Crippen LogP contribution in [0.25, 0.3) is 33.1 Å². The van der Waals surface area contributed by atoms with Crippen LogP contribution in [0.3, 0.4) is 0 Å². The van der Waals surface area contributed by atoms with E-state index in [-0.39, 0.29) is 18.4 Å². The molecule has 0 bridgehead atoms. The van der Waals surface area contributed by atoms with Gasteiger partial charge in [-0.05, 0) is 49.4 Å². The van der Waals surface area contributed by atoms with E-state index in [1.807, 2.05) is 50.2 Å². The van der Waals surface area contributed by atoms with Gasteiger partial charge in [0.05, 0.1) is 23.6 Å². The van der Waals surface area contributed by atoms with Gasteiger partial charge in [-0.1, -0.05) is 30.3 Å². The summed E-state index contributed by atoms with van der Waals surface area (Å²) in [5.41, 5.74) is 4.87. The minimum atomic E-state index is -0.463.